The van der Waals surface area contributed by atoms with Crippen LogP contribution in [0.4, 0.5) is 5.82 Å². The molecule has 0 saturated carbocycles. The zero-order valence-electron chi connectivity index (χ0n) is 17.2. The highest BCUT2D eigenvalue weighted by atomic mass is 16.3. The Kier molecular flexibility index (Phi) is 6.07. The summed E-state index contributed by atoms with van der Waals surface area (Å²) in [6.45, 7) is 2.02. The molecule has 3 aromatic heterocycles. The van der Waals surface area contributed by atoms with Crippen molar-refractivity contribution in [3.05, 3.63) is 82.5 Å². The number of benzene rings is 1. The fourth-order valence-electron chi connectivity index (χ4n) is 3.26. The second kappa shape index (κ2) is 9.25. The molecule has 0 aliphatic rings. The van der Waals surface area contributed by atoms with Crippen molar-refractivity contribution in [1.82, 2.24) is 19.7 Å². The number of carbonyl (C=O) groups excluding carboxylic acids is 1. The Hall–Kier alpha value is -3.94. The standard InChI is InChI=1S/C23H23N5O3/c1-2-7-17-14-22(30)26-23(24-17)28-20(15-18(27-28)19-10-6-13-31-19)25-21(29)12-11-16-8-4-3-5-9-16/h3-6,8-10,13-15H,2,7,11-12H2,1H3,(H,25,29)(H,24,26,30). The fraction of sp³-hybridized carbons (Fsp3) is 0.217. The van der Waals surface area contributed by atoms with Gasteiger partial charge < -0.3 is 9.73 Å². The number of aryl methyl sites for hydroxylation is 2. The first kappa shape index (κ1) is 20.3. The number of rotatable bonds is 8. The number of anilines is 1. The highest BCUT2D eigenvalue weighted by Crippen LogP contribution is 2.24. The highest BCUT2D eigenvalue weighted by Gasteiger charge is 2.17. The SMILES string of the molecule is CCCc1cc(=O)[nH]c(-n2nc(-c3ccco3)cc2NC(=O)CCc2ccccc2)n1. The molecule has 0 atom stereocenters. The van der Waals surface area contributed by atoms with Gasteiger partial charge in [-0.1, -0.05) is 43.7 Å². The Balaban J connectivity index is 1.63. The van der Waals surface area contributed by atoms with Crippen molar-refractivity contribution >= 4 is 11.7 Å². The molecule has 0 saturated heterocycles. The molecule has 1 amide bonds. The third kappa shape index (κ3) is 4.98. The number of hydrogen-bond acceptors (Lipinski definition) is 5. The van der Waals surface area contributed by atoms with Crippen LogP contribution in [0.5, 0.6) is 0 Å². The summed E-state index contributed by atoms with van der Waals surface area (Å²) in [6.07, 6.45) is 4.00. The third-order valence-electron chi connectivity index (χ3n) is 4.72. The second-order valence-electron chi connectivity index (χ2n) is 7.15. The molecule has 2 N–H and O–H groups in total. The van der Waals surface area contributed by atoms with Crippen LogP contribution in [-0.2, 0) is 17.6 Å². The van der Waals surface area contributed by atoms with E-state index < -0.39 is 0 Å². The first-order chi connectivity index (χ1) is 15.1. The number of amides is 1. The van der Waals surface area contributed by atoms with Gasteiger partial charge in [0.05, 0.1) is 6.26 Å². The minimum absolute atomic E-state index is 0.164. The summed E-state index contributed by atoms with van der Waals surface area (Å²) in [4.78, 5) is 32.0. The average Bonchev–Trinajstić information content (AvgIpc) is 3.43. The van der Waals surface area contributed by atoms with E-state index in [0.29, 0.717) is 42.2 Å². The lowest BCUT2D eigenvalue weighted by Crippen LogP contribution is -2.19. The summed E-state index contributed by atoms with van der Waals surface area (Å²) in [5, 5.41) is 7.40. The predicted molar refractivity (Wildman–Crippen MR) is 117 cm³/mol. The number of carbonyl (C=O) groups is 1. The maximum absolute atomic E-state index is 12.6. The summed E-state index contributed by atoms with van der Waals surface area (Å²) in [5.74, 6) is 1.03. The van der Waals surface area contributed by atoms with E-state index in [4.69, 9.17) is 4.42 Å². The van der Waals surface area contributed by atoms with Gasteiger partial charge in [-0.05, 0) is 30.5 Å². The second-order valence-corrected chi connectivity index (χ2v) is 7.15. The molecule has 0 radical (unpaired) electrons. The van der Waals surface area contributed by atoms with E-state index in [1.54, 1.807) is 24.5 Å². The molecule has 0 spiro atoms. The van der Waals surface area contributed by atoms with Crippen molar-refractivity contribution in [3.63, 3.8) is 0 Å². The molecule has 8 nitrogen and oxygen atoms in total. The van der Waals surface area contributed by atoms with Crippen molar-refractivity contribution in [3.8, 4) is 17.4 Å². The smallest absolute Gasteiger partial charge is 0.252 e. The topological polar surface area (TPSA) is 106 Å². The van der Waals surface area contributed by atoms with Gasteiger partial charge in [-0.3, -0.25) is 14.6 Å². The Morgan fingerprint density at radius 1 is 1.13 bits per heavy atom. The van der Waals surface area contributed by atoms with Crippen LogP contribution in [0.1, 0.15) is 31.0 Å². The van der Waals surface area contributed by atoms with Crippen molar-refractivity contribution in [2.75, 3.05) is 5.32 Å². The summed E-state index contributed by atoms with van der Waals surface area (Å²) < 4.78 is 6.87. The number of hydrogen-bond donors (Lipinski definition) is 2. The van der Waals surface area contributed by atoms with Crippen LogP contribution in [0, 0.1) is 0 Å². The fourth-order valence-corrected chi connectivity index (χ4v) is 3.26. The number of nitrogens with zero attached hydrogens (tertiary/aromatic N) is 3. The van der Waals surface area contributed by atoms with Crippen LogP contribution in [0.3, 0.4) is 0 Å². The quantitative estimate of drug-likeness (QED) is 0.454. The summed E-state index contributed by atoms with van der Waals surface area (Å²) >= 11 is 0. The number of aromatic amines is 1. The molecule has 3 heterocycles. The molecule has 8 heteroatoms. The molecule has 0 unspecified atom stereocenters. The van der Waals surface area contributed by atoms with Gasteiger partial charge >= 0.3 is 0 Å². The lowest BCUT2D eigenvalue weighted by atomic mass is 10.1. The Bertz CT molecular complexity index is 1210. The van der Waals surface area contributed by atoms with E-state index in [2.05, 4.69) is 20.4 Å². The molecule has 31 heavy (non-hydrogen) atoms. The number of nitrogens with one attached hydrogen (secondary N) is 2. The molecule has 1 aromatic carbocycles. The van der Waals surface area contributed by atoms with Crippen LogP contribution in [0.2, 0.25) is 0 Å². The average molecular weight is 417 g/mol. The summed E-state index contributed by atoms with van der Waals surface area (Å²) in [5.41, 5.74) is 2.00. The zero-order valence-corrected chi connectivity index (χ0v) is 17.2. The first-order valence-electron chi connectivity index (χ1n) is 10.2. The Morgan fingerprint density at radius 2 is 1.97 bits per heavy atom. The van der Waals surface area contributed by atoms with Crippen molar-refractivity contribution in [1.29, 1.82) is 0 Å². The first-order valence-corrected chi connectivity index (χ1v) is 10.2. The van der Waals surface area contributed by atoms with Gasteiger partial charge in [0.15, 0.2) is 5.76 Å². The largest absolute Gasteiger partial charge is 0.463 e. The van der Waals surface area contributed by atoms with E-state index in [1.807, 2.05) is 37.3 Å². The van der Waals surface area contributed by atoms with E-state index in [1.165, 1.54) is 10.7 Å². The summed E-state index contributed by atoms with van der Waals surface area (Å²) in [7, 11) is 0. The van der Waals surface area contributed by atoms with E-state index in [9.17, 15) is 9.59 Å². The van der Waals surface area contributed by atoms with E-state index in [0.717, 1.165) is 12.0 Å². The number of H-pyrrole nitrogens is 1. The van der Waals surface area contributed by atoms with Crippen LogP contribution in [-0.4, -0.2) is 25.7 Å². The van der Waals surface area contributed by atoms with Crippen LogP contribution < -0.4 is 10.9 Å². The predicted octanol–water partition coefficient (Wildman–Crippen LogP) is 3.74. The molecule has 0 aliphatic carbocycles. The van der Waals surface area contributed by atoms with Crippen molar-refractivity contribution < 1.29 is 9.21 Å². The highest BCUT2D eigenvalue weighted by molar-refractivity contribution is 5.90. The van der Waals surface area contributed by atoms with Crippen molar-refractivity contribution in [2.45, 2.75) is 32.6 Å². The van der Waals surface area contributed by atoms with E-state index >= 15 is 0 Å². The molecule has 0 aliphatic heterocycles. The lowest BCUT2D eigenvalue weighted by Gasteiger charge is -2.09. The number of furan rings is 1. The van der Waals surface area contributed by atoms with Gasteiger partial charge in [0.2, 0.25) is 11.9 Å². The van der Waals surface area contributed by atoms with Gasteiger partial charge in [0, 0.05) is 24.2 Å². The van der Waals surface area contributed by atoms with Crippen LogP contribution >= 0.6 is 0 Å². The molecule has 4 rings (SSSR count). The Morgan fingerprint density at radius 3 is 2.71 bits per heavy atom. The van der Waals surface area contributed by atoms with Gasteiger partial charge in [0.1, 0.15) is 11.5 Å². The maximum Gasteiger partial charge on any atom is 0.252 e. The third-order valence-corrected chi connectivity index (χ3v) is 4.72. The van der Waals surface area contributed by atoms with Crippen molar-refractivity contribution in [2.24, 2.45) is 0 Å². The number of aromatic nitrogens is 4. The zero-order chi connectivity index (χ0) is 21.6. The minimum Gasteiger partial charge on any atom is -0.463 e. The molecule has 0 bridgehead atoms. The Labute approximate surface area is 179 Å². The molecule has 0 fully saturated rings. The van der Waals surface area contributed by atoms with Gasteiger partial charge in [-0.15, -0.1) is 0 Å². The molecule has 158 valence electrons. The van der Waals surface area contributed by atoms with E-state index in [-0.39, 0.29) is 17.4 Å². The lowest BCUT2D eigenvalue weighted by molar-refractivity contribution is -0.116. The normalized spacial score (nSPS) is 10.9. The molecule has 4 aromatic rings. The van der Waals surface area contributed by atoms with Gasteiger partial charge in [-0.2, -0.15) is 9.78 Å². The van der Waals surface area contributed by atoms with Crippen LogP contribution in [0.15, 0.2) is 70.1 Å². The molecular formula is C23H23N5O3. The molecular weight excluding hydrogens is 394 g/mol. The monoisotopic (exact) mass is 417 g/mol. The minimum atomic E-state index is -0.273. The van der Waals surface area contributed by atoms with Gasteiger partial charge in [-0.25, -0.2) is 4.98 Å². The summed E-state index contributed by atoms with van der Waals surface area (Å²) in [6, 6.07) is 16.5. The maximum atomic E-state index is 12.6. The van der Waals surface area contributed by atoms with Gasteiger partial charge in [0.25, 0.3) is 5.56 Å². The van der Waals surface area contributed by atoms with Crippen LogP contribution in [0.25, 0.3) is 17.4 Å².